The van der Waals surface area contributed by atoms with Crippen LogP contribution in [0.15, 0.2) is 35.6 Å². The Labute approximate surface area is 99.4 Å². The van der Waals surface area contributed by atoms with Gasteiger partial charge in [-0.25, -0.2) is 8.42 Å². The number of nitrogens with zero attached hydrogens (tertiary/aromatic N) is 3. The van der Waals surface area contributed by atoms with Crippen molar-refractivity contribution < 1.29 is 8.42 Å². The molecule has 0 amide bonds. The number of nitrogens with one attached hydrogen (secondary N) is 1. The van der Waals surface area contributed by atoms with Gasteiger partial charge in [0.25, 0.3) is 10.0 Å². The van der Waals surface area contributed by atoms with E-state index >= 15 is 0 Å². The number of sulfonamides is 1. The molecule has 0 aliphatic carbocycles. The van der Waals surface area contributed by atoms with Crippen molar-refractivity contribution in [2.24, 2.45) is 7.05 Å². The molecule has 0 aromatic carbocycles. The molecule has 0 atom stereocenters. The molecule has 1 N–H and O–H groups in total. The average Bonchev–Trinajstić information content (AvgIpc) is 2.61. The van der Waals surface area contributed by atoms with Gasteiger partial charge in [-0.1, -0.05) is 0 Å². The standard InChI is InChI=1S/C10H12N4O2S/c1-8-10(7-12-14(8)2)17(15,16)13-9-3-5-11-6-4-9/h3-7H,1-2H3,(H,11,13). The number of rotatable bonds is 3. The second-order valence-corrected chi connectivity index (χ2v) is 5.21. The molecule has 2 aromatic heterocycles. The Morgan fingerprint density at radius 2 is 1.94 bits per heavy atom. The molecule has 7 heteroatoms. The molecule has 0 aliphatic rings. The largest absolute Gasteiger partial charge is 0.279 e. The average molecular weight is 252 g/mol. The highest BCUT2D eigenvalue weighted by Crippen LogP contribution is 2.17. The van der Waals surface area contributed by atoms with Crippen LogP contribution in [0.25, 0.3) is 0 Å². The summed E-state index contributed by atoms with van der Waals surface area (Å²) in [6.45, 7) is 1.70. The van der Waals surface area contributed by atoms with Gasteiger partial charge in [0.2, 0.25) is 0 Å². The molecule has 0 aliphatic heterocycles. The molecule has 6 nitrogen and oxygen atoms in total. The lowest BCUT2D eigenvalue weighted by molar-refractivity contribution is 0.600. The SMILES string of the molecule is Cc1c(S(=O)(=O)Nc2ccncc2)cnn1C. The van der Waals surface area contributed by atoms with Crippen LogP contribution in [0, 0.1) is 6.92 Å². The molecule has 0 saturated carbocycles. The fourth-order valence-electron chi connectivity index (χ4n) is 1.37. The smallest absolute Gasteiger partial charge is 0.265 e. The van der Waals surface area contributed by atoms with E-state index in [1.54, 1.807) is 26.1 Å². The molecular formula is C10H12N4O2S. The van der Waals surface area contributed by atoms with E-state index < -0.39 is 10.0 Å². The number of hydrogen-bond acceptors (Lipinski definition) is 4. The predicted molar refractivity (Wildman–Crippen MR) is 63.0 cm³/mol. The van der Waals surface area contributed by atoms with Crippen molar-refractivity contribution in [1.82, 2.24) is 14.8 Å². The van der Waals surface area contributed by atoms with Crippen LogP contribution < -0.4 is 4.72 Å². The highest BCUT2D eigenvalue weighted by atomic mass is 32.2. The number of aromatic nitrogens is 3. The van der Waals surface area contributed by atoms with Crippen molar-refractivity contribution in [3.63, 3.8) is 0 Å². The van der Waals surface area contributed by atoms with Crippen LogP contribution in [-0.4, -0.2) is 23.2 Å². The molecule has 2 aromatic rings. The van der Waals surface area contributed by atoms with Crippen LogP contribution in [-0.2, 0) is 17.1 Å². The Hall–Kier alpha value is -1.89. The molecule has 90 valence electrons. The van der Waals surface area contributed by atoms with E-state index in [0.29, 0.717) is 11.4 Å². The zero-order valence-electron chi connectivity index (χ0n) is 9.45. The van der Waals surface area contributed by atoms with Gasteiger partial charge in [0, 0.05) is 19.4 Å². The molecule has 0 bridgehead atoms. The summed E-state index contributed by atoms with van der Waals surface area (Å²) in [6.07, 6.45) is 4.38. The van der Waals surface area contributed by atoms with Gasteiger partial charge in [-0.15, -0.1) is 0 Å². The monoisotopic (exact) mass is 252 g/mol. The normalized spacial score (nSPS) is 11.4. The van der Waals surface area contributed by atoms with Crippen molar-refractivity contribution in [2.45, 2.75) is 11.8 Å². The summed E-state index contributed by atoms with van der Waals surface area (Å²) in [5, 5.41) is 3.91. The Morgan fingerprint density at radius 1 is 1.29 bits per heavy atom. The van der Waals surface area contributed by atoms with Crippen LogP contribution in [0.4, 0.5) is 5.69 Å². The molecule has 0 fully saturated rings. The lowest BCUT2D eigenvalue weighted by atomic mass is 10.4. The van der Waals surface area contributed by atoms with E-state index in [0.717, 1.165) is 0 Å². The highest BCUT2D eigenvalue weighted by molar-refractivity contribution is 7.92. The van der Waals surface area contributed by atoms with Gasteiger partial charge < -0.3 is 0 Å². The van der Waals surface area contributed by atoms with E-state index in [1.807, 2.05) is 0 Å². The minimum atomic E-state index is -3.58. The van der Waals surface area contributed by atoms with Crippen LogP contribution in [0.1, 0.15) is 5.69 Å². The van der Waals surface area contributed by atoms with Gasteiger partial charge in [0.1, 0.15) is 4.90 Å². The summed E-state index contributed by atoms with van der Waals surface area (Å²) in [6, 6.07) is 3.17. The van der Waals surface area contributed by atoms with Gasteiger partial charge in [-0.05, 0) is 19.1 Å². The predicted octanol–water partition coefficient (Wildman–Crippen LogP) is 0.924. The van der Waals surface area contributed by atoms with Crippen LogP contribution in [0.2, 0.25) is 0 Å². The molecule has 0 radical (unpaired) electrons. The molecule has 0 spiro atoms. The second-order valence-electron chi connectivity index (χ2n) is 3.56. The van der Waals surface area contributed by atoms with Crippen molar-refractivity contribution in [1.29, 1.82) is 0 Å². The lowest BCUT2D eigenvalue weighted by Crippen LogP contribution is -2.13. The topological polar surface area (TPSA) is 76.9 Å². The van der Waals surface area contributed by atoms with Crippen molar-refractivity contribution >= 4 is 15.7 Å². The molecule has 0 saturated heterocycles. The fourth-order valence-corrected chi connectivity index (χ4v) is 2.64. The van der Waals surface area contributed by atoms with Crippen molar-refractivity contribution in [3.8, 4) is 0 Å². The van der Waals surface area contributed by atoms with Crippen LogP contribution in [0.5, 0.6) is 0 Å². The first kappa shape index (κ1) is 11.6. The Kier molecular flexibility index (Phi) is 2.84. The van der Waals surface area contributed by atoms with Gasteiger partial charge in [0.05, 0.1) is 17.6 Å². The number of anilines is 1. The maximum Gasteiger partial charge on any atom is 0.265 e. The Morgan fingerprint density at radius 3 is 2.47 bits per heavy atom. The van der Waals surface area contributed by atoms with E-state index in [-0.39, 0.29) is 4.90 Å². The van der Waals surface area contributed by atoms with Gasteiger partial charge in [-0.2, -0.15) is 5.10 Å². The first-order valence-electron chi connectivity index (χ1n) is 4.92. The molecule has 0 unspecified atom stereocenters. The second kappa shape index (κ2) is 4.17. The quantitative estimate of drug-likeness (QED) is 0.881. The molecule has 2 rings (SSSR count). The minimum absolute atomic E-state index is 0.178. The summed E-state index contributed by atoms with van der Waals surface area (Å²) < 4.78 is 28.1. The van der Waals surface area contributed by atoms with Crippen LogP contribution >= 0.6 is 0 Å². The molecule has 17 heavy (non-hydrogen) atoms. The highest BCUT2D eigenvalue weighted by Gasteiger charge is 2.19. The number of hydrogen-bond donors (Lipinski definition) is 1. The summed E-state index contributed by atoms with van der Waals surface area (Å²) >= 11 is 0. The van der Waals surface area contributed by atoms with Crippen molar-refractivity contribution in [3.05, 3.63) is 36.4 Å². The molecular weight excluding hydrogens is 240 g/mol. The minimum Gasteiger partial charge on any atom is -0.279 e. The lowest BCUT2D eigenvalue weighted by Gasteiger charge is -2.06. The van der Waals surface area contributed by atoms with Gasteiger partial charge in [-0.3, -0.25) is 14.4 Å². The van der Waals surface area contributed by atoms with E-state index in [2.05, 4.69) is 14.8 Å². The molecule has 2 heterocycles. The maximum atomic E-state index is 12.1. The van der Waals surface area contributed by atoms with E-state index in [1.165, 1.54) is 23.3 Å². The fraction of sp³-hybridized carbons (Fsp3) is 0.200. The summed E-state index contributed by atoms with van der Waals surface area (Å²) in [5.41, 5.74) is 1.06. The number of pyridine rings is 1. The third-order valence-corrected chi connectivity index (χ3v) is 3.90. The summed E-state index contributed by atoms with van der Waals surface area (Å²) in [5.74, 6) is 0. The maximum absolute atomic E-state index is 12.1. The number of aryl methyl sites for hydroxylation is 1. The first-order chi connectivity index (χ1) is 8.00. The van der Waals surface area contributed by atoms with E-state index in [4.69, 9.17) is 0 Å². The van der Waals surface area contributed by atoms with Gasteiger partial charge >= 0.3 is 0 Å². The van der Waals surface area contributed by atoms with Gasteiger partial charge in [0.15, 0.2) is 0 Å². The zero-order valence-corrected chi connectivity index (χ0v) is 10.3. The Balaban J connectivity index is 2.35. The third-order valence-electron chi connectivity index (χ3n) is 2.41. The van der Waals surface area contributed by atoms with Crippen molar-refractivity contribution in [2.75, 3.05) is 4.72 Å². The summed E-state index contributed by atoms with van der Waals surface area (Å²) in [4.78, 5) is 4.00. The van der Waals surface area contributed by atoms with Crippen LogP contribution in [0.3, 0.4) is 0 Å². The zero-order chi connectivity index (χ0) is 12.5. The van der Waals surface area contributed by atoms with E-state index in [9.17, 15) is 8.42 Å². The Bertz CT molecular complexity index is 619. The summed E-state index contributed by atoms with van der Waals surface area (Å²) in [7, 11) is -1.89. The first-order valence-corrected chi connectivity index (χ1v) is 6.40. The third kappa shape index (κ3) is 2.28.